The van der Waals surface area contributed by atoms with E-state index in [1.807, 2.05) is 50.2 Å². The molecule has 0 aromatic heterocycles. The molecule has 4 heteroatoms. The van der Waals surface area contributed by atoms with E-state index >= 15 is 0 Å². The fraction of sp³-hybridized carbons (Fsp3) is 0.263. The van der Waals surface area contributed by atoms with E-state index in [-0.39, 0.29) is 11.2 Å². The Hall–Kier alpha value is -2.07. The molecule has 0 saturated carbocycles. The van der Waals surface area contributed by atoms with Crippen molar-refractivity contribution in [3.05, 3.63) is 71.8 Å². The Bertz CT molecular complexity index is 641. The molecule has 23 heavy (non-hydrogen) atoms. The Balaban J connectivity index is 1.77. The van der Waals surface area contributed by atoms with Gasteiger partial charge in [0.2, 0.25) is 0 Å². The van der Waals surface area contributed by atoms with Crippen LogP contribution >= 0.6 is 11.8 Å². The van der Waals surface area contributed by atoms with Crippen molar-refractivity contribution < 1.29 is 4.79 Å². The van der Waals surface area contributed by atoms with E-state index in [2.05, 4.69) is 34.8 Å². The van der Waals surface area contributed by atoms with Crippen LogP contribution in [0.5, 0.6) is 0 Å². The number of nitrogens with one attached hydrogen (secondary N) is 1. The summed E-state index contributed by atoms with van der Waals surface area (Å²) in [4.78, 5) is 12.1. The maximum Gasteiger partial charge on any atom is 0.252 e. The first kappa shape index (κ1) is 17.3. The van der Waals surface area contributed by atoms with Gasteiger partial charge in [-0.05, 0) is 25.0 Å². The van der Waals surface area contributed by atoms with Gasteiger partial charge in [-0.1, -0.05) is 60.7 Å². The summed E-state index contributed by atoms with van der Waals surface area (Å²) in [5, 5.41) is 4.06. The molecule has 1 atom stereocenters. The third kappa shape index (κ3) is 6.28. The molecule has 120 valence electrons. The molecule has 2 aromatic carbocycles. The van der Waals surface area contributed by atoms with Crippen molar-refractivity contribution in [1.82, 2.24) is 5.43 Å². The number of carbonyl (C=O) groups is 1. The topological polar surface area (TPSA) is 41.5 Å². The number of hydrogen-bond donors (Lipinski definition) is 1. The molecule has 1 N–H and O–H groups in total. The van der Waals surface area contributed by atoms with E-state index in [0.29, 0.717) is 0 Å². The quantitative estimate of drug-likeness (QED) is 0.616. The summed E-state index contributed by atoms with van der Waals surface area (Å²) >= 11 is 1.61. The first-order valence-corrected chi connectivity index (χ1v) is 8.72. The predicted molar refractivity (Wildman–Crippen MR) is 98.6 cm³/mol. The molecule has 0 aliphatic heterocycles. The minimum absolute atomic E-state index is 0.0571. The molecule has 0 heterocycles. The predicted octanol–water partition coefficient (Wildman–Crippen LogP) is 4.04. The third-order valence-electron chi connectivity index (χ3n) is 3.37. The molecule has 0 bridgehead atoms. The molecule has 1 amide bonds. The largest absolute Gasteiger partial charge is 0.272 e. The highest BCUT2D eigenvalue weighted by atomic mass is 32.2. The Morgan fingerprint density at radius 1 is 1.04 bits per heavy atom. The van der Waals surface area contributed by atoms with Crippen molar-refractivity contribution >= 4 is 23.4 Å². The van der Waals surface area contributed by atoms with E-state index in [1.54, 1.807) is 11.8 Å². The van der Waals surface area contributed by atoms with Gasteiger partial charge in [0.05, 0.1) is 5.25 Å². The van der Waals surface area contributed by atoms with E-state index in [9.17, 15) is 4.79 Å². The summed E-state index contributed by atoms with van der Waals surface area (Å²) in [6.07, 6.45) is 0.743. The lowest BCUT2D eigenvalue weighted by Crippen LogP contribution is -2.28. The molecule has 3 nitrogen and oxygen atoms in total. The van der Waals surface area contributed by atoms with Crippen molar-refractivity contribution in [2.75, 3.05) is 0 Å². The maximum absolute atomic E-state index is 12.1. The van der Waals surface area contributed by atoms with Crippen LogP contribution in [0.25, 0.3) is 0 Å². The summed E-state index contributed by atoms with van der Waals surface area (Å²) in [6, 6.07) is 20.3. The van der Waals surface area contributed by atoms with Crippen LogP contribution in [0.4, 0.5) is 0 Å². The highest BCUT2D eigenvalue weighted by Gasteiger charge is 2.12. The lowest BCUT2D eigenvalue weighted by molar-refractivity contribution is -0.120. The minimum atomic E-state index is -0.136. The van der Waals surface area contributed by atoms with Crippen LogP contribution in [0.2, 0.25) is 0 Å². The second-order valence-electron chi connectivity index (χ2n) is 5.42. The number of hydrazone groups is 1. The number of carbonyl (C=O) groups excluding carboxylic acids is 1. The normalized spacial score (nSPS) is 12.7. The maximum atomic E-state index is 12.1. The highest BCUT2D eigenvalue weighted by molar-refractivity contribution is 7.99. The zero-order valence-corrected chi connectivity index (χ0v) is 14.3. The summed E-state index contributed by atoms with van der Waals surface area (Å²) in [5.41, 5.74) is 5.97. The van der Waals surface area contributed by atoms with E-state index < -0.39 is 0 Å². The molecule has 0 spiro atoms. The first-order valence-electron chi connectivity index (χ1n) is 7.67. The number of rotatable bonds is 7. The fourth-order valence-corrected chi connectivity index (χ4v) is 2.88. The van der Waals surface area contributed by atoms with Gasteiger partial charge in [0.15, 0.2) is 0 Å². The van der Waals surface area contributed by atoms with Crippen LogP contribution in [0, 0.1) is 0 Å². The van der Waals surface area contributed by atoms with Crippen molar-refractivity contribution in [3.63, 3.8) is 0 Å². The summed E-state index contributed by atoms with van der Waals surface area (Å²) in [6.45, 7) is 3.83. The Morgan fingerprint density at radius 2 is 1.61 bits per heavy atom. The monoisotopic (exact) mass is 326 g/mol. The van der Waals surface area contributed by atoms with Crippen molar-refractivity contribution in [3.8, 4) is 0 Å². The molecule has 0 unspecified atom stereocenters. The van der Waals surface area contributed by atoms with E-state index in [4.69, 9.17) is 0 Å². The van der Waals surface area contributed by atoms with Gasteiger partial charge in [0.25, 0.3) is 5.91 Å². The Labute approximate surface area is 142 Å². The molecular formula is C19H22N2OS. The zero-order valence-electron chi connectivity index (χ0n) is 13.5. The van der Waals surface area contributed by atoms with Gasteiger partial charge in [-0.25, -0.2) is 5.43 Å². The van der Waals surface area contributed by atoms with Gasteiger partial charge in [0.1, 0.15) is 0 Å². The number of hydrogen-bond acceptors (Lipinski definition) is 3. The van der Waals surface area contributed by atoms with Crippen LogP contribution < -0.4 is 5.43 Å². The van der Waals surface area contributed by atoms with E-state index in [0.717, 1.165) is 17.9 Å². The van der Waals surface area contributed by atoms with Crippen LogP contribution in [0.1, 0.15) is 25.0 Å². The number of nitrogens with zero attached hydrogens (tertiary/aromatic N) is 1. The first-order chi connectivity index (χ1) is 11.1. The second-order valence-corrected chi connectivity index (χ2v) is 6.75. The second kappa shape index (κ2) is 9.16. The van der Waals surface area contributed by atoms with Crippen LogP contribution in [0.15, 0.2) is 65.8 Å². The lowest BCUT2D eigenvalue weighted by atomic mass is 10.1. The van der Waals surface area contributed by atoms with E-state index in [1.165, 1.54) is 11.1 Å². The average Bonchev–Trinajstić information content (AvgIpc) is 2.59. The van der Waals surface area contributed by atoms with Crippen molar-refractivity contribution in [2.45, 2.75) is 31.3 Å². The number of thioether (sulfide) groups is 1. The highest BCUT2D eigenvalue weighted by Crippen LogP contribution is 2.17. The Morgan fingerprint density at radius 3 is 2.22 bits per heavy atom. The zero-order chi connectivity index (χ0) is 16.5. The Kier molecular flexibility index (Phi) is 6.88. The van der Waals surface area contributed by atoms with Gasteiger partial charge in [-0.3, -0.25) is 4.79 Å². The molecule has 0 aliphatic rings. The smallest absolute Gasteiger partial charge is 0.252 e. The fourth-order valence-electron chi connectivity index (χ4n) is 2.04. The average molecular weight is 326 g/mol. The molecule has 2 aromatic rings. The summed E-state index contributed by atoms with van der Waals surface area (Å²) < 4.78 is 0. The minimum Gasteiger partial charge on any atom is -0.272 e. The van der Waals surface area contributed by atoms with Gasteiger partial charge in [0, 0.05) is 17.9 Å². The molecule has 0 radical (unpaired) electrons. The number of benzene rings is 2. The molecule has 0 aliphatic carbocycles. The molecule has 0 fully saturated rings. The lowest BCUT2D eigenvalue weighted by Gasteiger charge is -2.10. The SMILES string of the molecule is C/C(Cc1ccccc1)=N/NC(=O)[C@H](C)SCc1ccccc1. The third-order valence-corrected chi connectivity index (χ3v) is 4.59. The summed E-state index contributed by atoms with van der Waals surface area (Å²) in [7, 11) is 0. The molecular weight excluding hydrogens is 304 g/mol. The van der Waals surface area contributed by atoms with Crippen molar-refractivity contribution in [2.24, 2.45) is 5.10 Å². The standard InChI is InChI=1S/C19H22N2OS/c1-15(13-17-9-5-3-6-10-17)20-21-19(22)16(2)23-14-18-11-7-4-8-12-18/h3-12,16H,13-14H2,1-2H3,(H,21,22)/b20-15-/t16-/m0/s1. The molecule has 2 rings (SSSR count). The summed E-state index contributed by atoms with van der Waals surface area (Å²) in [5.74, 6) is 0.764. The van der Waals surface area contributed by atoms with Crippen LogP contribution in [-0.2, 0) is 17.0 Å². The van der Waals surface area contributed by atoms with Gasteiger partial charge in [-0.15, -0.1) is 11.8 Å². The van der Waals surface area contributed by atoms with Crippen LogP contribution in [0.3, 0.4) is 0 Å². The van der Waals surface area contributed by atoms with Gasteiger partial charge in [-0.2, -0.15) is 5.10 Å². The molecule has 0 saturated heterocycles. The van der Waals surface area contributed by atoms with Crippen LogP contribution in [-0.4, -0.2) is 16.9 Å². The van der Waals surface area contributed by atoms with Gasteiger partial charge >= 0.3 is 0 Å². The van der Waals surface area contributed by atoms with Gasteiger partial charge < -0.3 is 0 Å². The van der Waals surface area contributed by atoms with Crippen molar-refractivity contribution in [1.29, 1.82) is 0 Å². The number of amides is 1.